The largest absolute Gasteiger partial charge is 0.341 e. The van der Waals surface area contributed by atoms with E-state index in [0.717, 1.165) is 30.0 Å². The Labute approximate surface area is 109 Å². The molecule has 1 aliphatic carbocycles. The molecular weight excluding hydrogens is 224 g/mol. The van der Waals surface area contributed by atoms with Crippen molar-refractivity contribution in [2.24, 2.45) is 17.6 Å². The van der Waals surface area contributed by atoms with Crippen LogP contribution in [0, 0.1) is 11.8 Å². The number of nitrogens with zero attached hydrogens (tertiary/aromatic N) is 1. The molecule has 1 aliphatic rings. The third kappa shape index (κ3) is 3.10. The van der Waals surface area contributed by atoms with E-state index in [1.807, 2.05) is 36.2 Å². The van der Waals surface area contributed by atoms with Crippen molar-refractivity contribution in [3.8, 4) is 0 Å². The fraction of sp³-hybridized carbons (Fsp3) is 0.533. The van der Waals surface area contributed by atoms with Crippen molar-refractivity contribution in [1.82, 2.24) is 4.90 Å². The summed E-state index contributed by atoms with van der Waals surface area (Å²) in [5, 5.41) is 0. The van der Waals surface area contributed by atoms with Crippen molar-refractivity contribution >= 4 is 5.91 Å². The third-order valence-corrected chi connectivity index (χ3v) is 3.74. The van der Waals surface area contributed by atoms with Crippen LogP contribution >= 0.6 is 0 Å². The quantitative estimate of drug-likeness (QED) is 0.862. The Morgan fingerprint density at radius 1 is 1.50 bits per heavy atom. The predicted octanol–water partition coefficient (Wildman–Crippen LogP) is 1.92. The first-order valence-corrected chi connectivity index (χ1v) is 6.66. The predicted molar refractivity (Wildman–Crippen MR) is 73.4 cm³/mol. The van der Waals surface area contributed by atoms with Crippen LogP contribution in [-0.2, 0) is 6.42 Å². The average molecular weight is 246 g/mol. The summed E-state index contributed by atoms with van der Waals surface area (Å²) >= 11 is 0. The Morgan fingerprint density at radius 2 is 2.22 bits per heavy atom. The van der Waals surface area contributed by atoms with E-state index in [1.54, 1.807) is 0 Å². The first-order valence-electron chi connectivity index (χ1n) is 6.66. The van der Waals surface area contributed by atoms with Crippen LogP contribution in [0.4, 0.5) is 0 Å². The minimum atomic E-state index is 0.118. The van der Waals surface area contributed by atoms with E-state index in [9.17, 15) is 4.79 Å². The van der Waals surface area contributed by atoms with E-state index in [4.69, 9.17) is 5.73 Å². The normalized spacial score (nSPS) is 21.7. The molecule has 0 bridgehead atoms. The van der Waals surface area contributed by atoms with E-state index in [2.05, 4.69) is 6.92 Å². The maximum atomic E-state index is 12.3. The van der Waals surface area contributed by atoms with Crippen LogP contribution in [0.1, 0.15) is 29.3 Å². The molecule has 0 aliphatic heterocycles. The summed E-state index contributed by atoms with van der Waals surface area (Å²) in [6.07, 6.45) is 2.08. The second-order valence-corrected chi connectivity index (χ2v) is 5.40. The maximum absolute atomic E-state index is 12.3. The van der Waals surface area contributed by atoms with Crippen LogP contribution in [0.25, 0.3) is 0 Å². The maximum Gasteiger partial charge on any atom is 0.253 e. The van der Waals surface area contributed by atoms with Gasteiger partial charge in [0, 0.05) is 19.2 Å². The number of carbonyl (C=O) groups is 1. The molecule has 1 aromatic rings. The molecule has 3 heteroatoms. The summed E-state index contributed by atoms with van der Waals surface area (Å²) in [4.78, 5) is 14.1. The molecule has 1 amide bonds. The number of benzene rings is 1. The molecular formula is C15H22N2O. The highest BCUT2D eigenvalue weighted by Gasteiger charge is 2.34. The van der Waals surface area contributed by atoms with Crippen LogP contribution < -0.4 is 5.73 Å². The van der Waals surface area contributed by atoms with E-state index >= 15 is 0 Å². The molecule has 2 unspecified atom stereocenters. The monoisotopic (exact) mass is 246 g/mol. The molecule has 0 spiro atoms. The third-order valence-electron chi connectivity index (χ3n) is 3.74. The molecule has 0 heterocycles. The topological polar surface area (TPSA) is 46.3 Å². The second-order valence-electron chi connectivity index (χ2n) is 5.40. The average Bonchev–Trinajstić information content (AvgIpc) is 3.04. The van der Waals surface area contributed by atoms with Crippen molar-refractivity contribution in [3.63, 3.8) is 0 Å². The smallest absolute Gasteiger partial charge is 0.253 e. The fourth-order valence-corrected chi connectivity index (χ4v) is 2.34. The highest BCUT2D eigenvalue weighted by Crippen LogP contribution is 2.38. The van der Waals surface area contributed by atoms with Gasteiger partial charge in [0.15, 0.2) is 0 Å². The van der Waals surface area contributed by atoms with Gasteiger partial charge in [-0.1, -0.05) is 19.1 Å². The molecule has 0 radical (unpaired) electrons. The van der Waals surface area contributed by atoms with Crippen molar-refractivity contribution in [2.75, 3.05) is 20.1 Å². The molecule has 1 aromatic carbocycles. The van der Waals surface area contributed by atoms with Gasteiger partial charge in [0.2, 0.25) is 0 Å². The van der Waals surface area contributed by atoms with Gasteiger partial charge in [-0.3, -0.25) is 4.79 Å². The Kier molecular flexibility index (Phi) is 4.02. The number of nitrogens with two attached hydrogens (primary N) is 1. The van der Waals surface area contributed by atoms with Crippen molar-refractivity contribution in [1.29, 1.82) is 0 Å². The van der Waals surface area contributed by atoms with E-state index < -0.39 is 0 Å². The Balaban J connectivity index is 2.00. The molecule has 0 saturated heterocycles. The molecule has 1 saturated carbocycles. The van der Waals surface area contributed by atoms with Crippen LogP contribution in [0.15, 0.2) is 24.3 Å². The summed E-state index contributed by atoms with van der Waals surface area (Å²) < 4.78 is 0. The van der Waals surface area contributed by atoms with Crippen molar-refractivity contribution in [3.05, 3.63) is 35.4 Å². The highest BCUT2D eigenvalue weighted by atomic mass is 16.2. The van der Waals surface area contributed by atoms with Gasteiger partial charge in [-0.15, -0.1) is 0 Å². The summed E-state index contributed by atoms with van der Waals surface area (Å²) in [6.45, 7) is 3.74. The van der Waals surface area contributed by atoms with Crippen molar-refractivity contribution in [2.45, 2.75) is 19.8 Å². The van der Waals surface area contributed by atoms with Gasteiger partial charge in [0.05, 0.1) is 0 Å². The summed E-state index contributed by atoms with van der Waals surface area (Å²) in [6, 6.07) is 7.80. The van der Waals surface area contributed by atoms with Gasteiger partial charge in [-0.25, -0.2) is 0 Å². The van der Waals surface area contributed by atoms with Gasteiger partial charge in [-0.2, -0.15) is 0 Å². The Hall–Kier alpha value is -1.35. The van der Waals surface area contributed by atoms with Gasteiger partial charge < -0.3 is 10.6 Å². The summed E-state index contributed by atoms with van der Waals surface area (Å²) in [5.41, 5.74) is 7.45. The lowest BCUT2D eigenvalue weighted by Gasteiger charge is -2.17. The highest BCUT2D eigenvalue weighted by molar-refractivity contribution is 5.94. The zero-order chi connectivity index (χ0) is 13.1. The van der Waals surface area contributed by atoms with Gasteiger partial charge in [0.1, 0.15) is 0 Å². The number of rotatable bonds is 5. The van der Waals surface area contributed by atoms with E-state index in [1.165, 1.54) is 6.42 Å². The standard InChI is InChI=1S/C15H22N2O/c1-11-8-14(11)10-17(2)15(18)13-5-3-4-12(9-13)6-7-16/h3-5,9,11,14H,6-8,10,16H2,1-2H3. The molecule has 2 rings (SSSR count). The molecule has 2 atom stereocenters. The van der Waals surface area contributed by atoms with Gasteiger partial charge in [0.25, 0.3) is 5.91 Å². The zero-order valence-corrected chi connectivity index (χ0v) is 11.2. The molecule has 1 fully saturated rings. The zero-order valence-electron chi connectivity index (χ0n) is 11.2. The Morgan fingerprint density at radius 3 is 2.83 bits per heavy atom. The van der Waals surface area contributed by atoms with E-state index in [-0.39, 0.29) is 5.91 Å². The minimum Gasteiger partial charge on any atom is -0.341 e. The molecule has 3 nitrogen and oxygen atoms in total. The van der Waals surface area contributed by atoms with Crippen LogP contribution in [0.5, 0.6) is 0 Å². The number of hydrogen-bond acceptors (Lipinski definition) is 2. The first-order chi connectivity index (χ1) is 8.61. The lowest BCUT2D eigenvalue weighted by molar-refractivity contribution is 0.0787. The first kappa shape index (κ1) is 13.1. The van der Waals surface area contributed by atoms with E-state index in [0.29, 0.717) is 12.5 Å². The molecule has 18 heavy (non-hydrogen) atoms. The van der Waals surface area contributed by atoms with Crippen LogP contribution in [0.2, 0.25) is 0 Å². The van der Waals surface area contributed by atoms with Crippen LogP contribution in [0.3, 0.4) is 0 Å². The lowest BCUT2D eigenvalue weighted by Crippen LogP contribution is -2.29. The fourth-order valence-electron chi connectivity index (χ4n) is 2.34. The second kappa shape index (κ2) is 5.53. The summed E-state index contributed by atoms with van der Waals surface area (Å²) in [7, 11) is 1.89. The lowest BCUT2D eigenvalue weighted by atomic mass is 10.1. The number of amides is 1. The number of hydrogen-bond donors (Lipinski definition) is 1. The van der Waals surface area contributed by atoms with Gasteiger partial charge in [-0.05, 0) is 48.9 Å². The number of carbonyl (C=O) groups excluding carboxylic acids is 1. The molecule has 2 N–H and O–H groups in total. The van der Waals surface area contributed by atoms with Crippen molar-refractivity contribution < 1.29 is 4.79 Å². The molecule has 0 aromatic heterocycles. The van der Waals surface area contributed by atoms with Gasteiger partial charge >= 0.3 is 0 Å². The minimum absolute atomic E-state index is 0.118. The summed E-state index contributed by atoms with van der Waals surface area (Å²) in [5.74, 6) is 1.60. The Bertz CT molecular complexity index is 430. The molecule has 98 valence electrons. The van der Waals surface area contributed by atoms with Crippen LogP contribution in [-0.4, -0.2) is 30.9 Å². The SMILES string of the molecule is CC1CC1CN(C)C(=O)c1cccc(CCN)c1.